The molecule has 0 aromatic heterocycles. The van der Waals surface area contributed by atoms with Gasteiger partial charge in [-0.2, -0.15) is 0 Å². The minimum atomic E-state index is -0.912. The van der Waals surface area contributed by atoms with Crippen LogP contribution in [0.15, 0.2) is 30.3 Å². The highest BCUT2D eigenvalue weighted by Gasteiger charge is 2.13. The summed E-state index contributed by atoms with van der Waals surface area (Å²) in [5.74, 6) is -0.493. The van der Waals surface area contributed by atoms with Gasteiger partial charge in [0.15, 0.2) is 6.61 Å². The number of likely N-dealkylation sites (N-methyl/N-ethyl adjacent to an activating group) is 1. The Morgan fingerprint density at radius 1 is 1.28 bits per heavy atom. The number of benzene rings is 1. The maximum atomic E-state index is 11.8. The van der Waals surface area contributed by atoms with E-state index in [2.05, 4.69) is 0 Å². The van der Waals surface area contributed by atoms with Crippen molar-refractivity contribution in [3.8, 4) is 5.75 Å². The number of para-hydroxylation sites is 1. The molecule has 0 spiro atoms. The molecule has 0 bridgehead atoms. The van der Waals surface area contributed by atoms with Crippen LogP contribution in [0.5, 0.6) is 5.75 Å². The number of carbonyl (C=O) groups is 2. The summed E-state index contributed by atoms with van der Waals surface area (Å²) < 4.78 is 5.32. The fourth-order valence-electron chi connectivity index (χ4n) is 1.44. The van der Waals surface area contributed by atoms with E-state index in [-0.39, 0.29) is 25.5 Å². The Labute approximate surface area is 106 Å². The molecule has 5 heteroatoms. The molecule has 18 heavy (non-hydrogen) atoms. The molecule has 0 fully saturated rings. The normalized spacial score (nSPS) is 9.83. The van der Waals surface area contributed by atoms with Crippen molar-refractivity contribution >= 4 is 11.9 Å². The summed E-state index contributed by atoms with van der Waals surface area (Å²) in [4.78, 5) is 23.7. The van der Waals surface area contributed by atoms with Crippen molar-refractivity contribution < 1.29 is 19.4 Å². The Kier molecular flexibility index (Phi) is 5.70. The van der Waals surface area contributed by atoms with Gasteiger partial charge >= 0.3 is 5.97 Å². The quantitative estimate of drug-likeness (QED) is 0.795. The second-order valence-corrected chi connectivity index (χ2v) is 3.72. The molecule has 1 rings (SSSR count). The van der Waals surface area contributed by atoms with Crippen LogP contribution in [-0.4, -0.2) is 41.6 Å². The number of nitrogens with zero attached hydrogens (tertiary/aromatic N) is 1. The van der Waals surface area contributed by atoms with Gasteiger partial charge in [0.2, 0.25) is 0 Å². The Balaban J connectivity index is 2.40. The number of rotatable bonds is 7. The van der Waals surface area contributed by atoms with Crippen LogP contribution in [0.2, 0.25) is 0 Å². The van der Waals surface area contributed by atoms with Gasteiger partial charge in [0.1, 0.15) is 5.75 Å². The monoisotopic (exact) mass is 251 g/mol. The molecular weight excluding hydrogens is 234 g/mol. The summed E-state index contributed by atoms with van der Waals surface area (Å²) >= 11 is 0. The van der Waals surface area contributed by atoms with E-state index in [1.807, 2.05) is 25.1 Å². The van der Waals surface area contributed by atoms with Gasteiger partial charge in [-0.3, -0.25) is 9.59 Å². The fourth-order valence-corrected chi connectivity index (χ4v) is 1.44. The van der Waals surface area contributed by atoms with Crippen molar-refractivity contribution in [3.63, 3.8) is 0 Å². The van der Waals surface area contributed by atoms with E-state index < -0.39 is 5.97 Å². The van der Waals surface area contributed by atoms with Crippen molar-refractivity contribution in [2.24, 2.45) is 0 Å². The highest BCUT2D eigenvalue weighted by Crippen LogP contribution is 2.08. The van der Waals surface area contributed by atoms with Crippen molar-refractivity contribution in [2.75, 3.05) is 19.7 Å². The molecule has 1 aromatic carbocycles. The van der Waals surface area contributed by atoms with Gasteiger partial charge in [-0.25, -0.2) is 0 Å². The van der Waals surface area contributed by atoms with Gasteiger partial charge in [0.05, 0.1) is 6.42 Å². The van der Waals surface area contributed by atoms with E-state index in [9.17, 15) is 9.59 Å². The molecule has 0 heterocycles. The minimum absolute atomic E-state index is 0.0507. The van der Waals surface area contributed by atoms with Gasteiger partial charge in [0, 0.05) is 13.1 Å². The van der Waals surface area contributed by atoms with E-state index in [0.29, 0.717) is 12.3 Å². The van der Waals surface area contributed by atoms with Crippen molar-refractivity contribution in [1.82, 2.24) is 4.90 Å². The topological polar surface area (TPSA) is 66.8 Å². The van der Waals surface area contributed by atoms with Crippen LogP contribution in [0.1, 0.15) is 13.3 Å². The molecule has 0 atom stereocenters. The standard InChI is InChI=1S/C13H17NO4/c1-2-14(9-8-13(16)17)12(15)10-18-11-6-4-3-5-7-11/h3-7H,2,8-10H2,1H3,(H,16,17). The molecule has 1 amide bonds. The summed E-state index contributed by atoms with van der Waals surface area (Å²) in [5, 5.41) is 8.58. The largest absolute Gasteiger partial charge is 0.484 e. The molecule has 1 aromatic rings. The zero-order valence-corrected chi connectivity index (χ0v) is 10.3. The second-order valence-electron chi connectivity index (χ2n) is 3.72. The highest BCUT2D eigenvalue weighted by molar-refractivity contribution is 5.78. The lowest BCUT2D eigenvalue weighted by Gasteiger charge is -2.20. The SMILES string of the molecule is CCN(CCC(=O)O)C(=O)COc1ccccc1. The van der Waals surface area contributed by atoms with Crippen molar-refractivity contribution in [3.05, 3.63) is 30.3 Å². The number of ether oxygens (including phenoxy) is 1. The third-order valence-corrected chi connectivity index (χ3v) is 2.44. The highest BCUT2D eigenvalue weighted by atomic mass is 16.5. The zero-order valence-electron chi connectivity index (χ0n) is 10.3. The van der Waals surface area contributed by atoms with E-state index >= 15 is 0 Å². The van der Waals surface area contributed by atoms with Crippen LogP contribution in [0.25, 0.3) is 0 Å². The van der Waals surface area contributed by atoms with Gasteiger partial charge in [0.25, 0.3) is 5.91 Å². The molecule has 5 nitrogen and oxygen atoms in total. The Morgan fingerprint density at radius 3 is 2.50 bits per heavy atom. The van der Waals surface area contributed by atoms with Gasteiger partial charge in [-0.05, 0) is 19.1 Å². The summed E-state index contributed by atoms with van der Waals surface area (Å²) in [7, 11) is 0. The van der Waals surface area contributed by atoms with Crippen LogP contribution in [0, 0.1) is 0 Å². The Hall–Kier alpha value is -2.04. The average Bonchev–Trinajstić information content (AvgIpc) is 2.38. The van der Waals surface area contributed by atoms with E-state index in [1.165, 1.54) is 4.90 Å². The van der Waals surface area contributed by atoms with E-state index in [1.54, 1.807) is 12.1 Å². The number of carboxylic acid groups (broad SMARTS) is 1. The first-order valence-corrected chi connectivity index (χ1v) is 5.81. The number of carboxylic acids is 1. The summed E-state index contributed by atoms with van der Waals surface area (Å²) in [6, 6.07) is 9.03. The number of hydrogen-bond donors (Lipinski definition) is 1. The molecule has 0 saturated heterocycles. The average molecular weight is 251 g/mol. The lowest BCUT2D eigenvalue weighted by Crippen LogP contribution is -2.36. The molecule has 0 aliphatic rings. The maximum Gasteiger partial charge on any atom is 0.305 e. The summed E-state index contributed by atoms with van der Waals surface area (Å²) in [6.07, 6.45) is -0.0507. The number of hydrogen-bond acceptors (Lipinski definition) is 3. The van der Waals surface area contributed by atoms with Crippen LogP contribution in [0.3, 0.4) is 0 Å². The molecular formula is C13H17NO4. The molecule has 0 saturated carbocycles. The first-order chi connectivity index (χ1) is 8.63. The van der Waals surface area contributed by atoms with Crippen LogP contribution in [0.4, 0.5) is 0 Å². The summed E-state index contributed by atoms with van der Waals surface area (Å²) in [6.45, 7) is 2.42. The van der Waals surface area contributed by atoms with E-state index in [0.717, 1.165) is 0 Å². The Morgan fingerprint density at radius 2 is 1.94 bits per heavy atom. The molecule has 1 N–H and O–H groups in total. The molecule has 0 unspecified atom stereocenters. The minimum Gasteiger partial charge on any atom is -0.484 e. The van der Waals surface area contributed by atoms with Crippen LogP contribution in [-0.2, 0) is 9.59 Å². The molecule has 0 aliphatic heterocycles. The zero-order chi connectivity index (χ0) is 13.4. The van der Waals surface area contributed by atoms with Crippen LogP contribution < -0.4 is 4.74 Å². The van der Waals surface area contributed by atoms with Gasteiger partial charge in [-0.1, -0.05) is 18.2 Å². The molecule has 0 radical (unpaired) electrons. The number of carbonyl (C=O) groups excluding carboxylic acids is 1. The third-order valence-electron chi connectivity index (χ3n) is 2.44. The Bertz CT molecular complexity index is 391. The lowest BCUT2D eigenvalue weighted by molar-refractivity contribution is -0.139. The summed E-state index contributed by atoms with van der Waals surface area (Å²) in [5.41, 5.74) is 0. The smallest absolute Gasteiger partial charge is 0.305 e. The van der Waals surface area contributed by atoms with E-state index in [4.69, 9.17) is 9.84 Å². The third kappa shape index (κ3) is 4.86. The first-order valence-electron chi connectivity index (χ1n) is 5.81. The second kappa shape index (κ2) is 7.32. The molecule has 0 aliphatic carbocycles. The predicted octanol–water partition coefficient (Wildman–Crippen LogP) is 1.39. The van der Waals surface area contributed by atoms with Crippen LogP contribution >= 0.6 is 0 Å². The van der Waals surface area contributed by atoms with Crippen molar-refractivity contribution in [1.29, 1.82) is 0 Å². The first kappa shape index (κ1) is 14.0. The van der Waals surface area contributed by atoms with Gasteiger partial charge < -0.3 is 14.7 Å². The molecule has 98 valence electrons. The number of aliphatic carboxylic acids is 1. The van der Waals surface area contributed by atoms with Gasteiger partial charge in [-0.15, -0.1) is 0 Å². The fraction of sp³-hybridized carbons (Fsp3) is 0.385. The number of amides is 1. The maximum absolute atomic E-state index is 11.8. The lowest BCUT2D eigenvalue weighted by atomic mass is 10.3. The predicted molar refractivity (Wildman–Crippen MR) is 66.4 cm³/mol. The van der Waals surface area contributed by atoms with Crippen molar-refractivity contribution in [2.45, 2.75) is 13.3 Å².